The summed E-state index contributed by atoms with van der Waals surface area (Å²) in [6, 6.07) is 19.9. The van der Waals surface area contributed by atoms with Gasteiger partial charge in [0.2, 0.25) is 5.91 Å². The number of anilines is 1. The Kier molecular flexibility index (Phi) is 12.3. The lowest BCUT2D eigenvalue weighted by Gasteiger charge is -2.38. The maximum atomic E-state index is 13.7. The fraction of sp³-hybridized carbons (Fsp3) is 0.444. The Morgan fingerprint density at radius 2 is 1.71 bits per heavy atom. The van der Waals surface area contributed by atoms with Crippen molar-refractivity contribution in [2.24, 2.45) is 5.92 Å². The zero-order chi connectivity index (χ0) is 32.5. The Labute approximate surface area is 272 Å². The summed E-state index contributed by atoms with van der Waals surface area (Å²) in [4.78, 5) is 25.9. The molecule has 5 rings (SSSR count). The van der Waals surface area contributed by atoms with Gasteiger partial charge in [-0.05, 0) is 111 Å². The van der Waals surface area contributed by atoms with Crippen molar-refractivity contribution < 1.29 is 24.2 Å². The average Bonchev–Trinajstić information content (AvgIpc) is 3.05. The number of benzene rings is 3. The van der Waals surface area contributed by atoms with E-state index in [-0.39, 0.29) is 36.4 Å². The van der Waals surface area contributed by atoms with Gasteiger partial charge in [-0.2, -0.15) is 0 Å². The predicted molar refractivity (Wildman–Crippen MR) is 180 cm³/mol. The number of carboxylic acids is 1. The zero-order valence-corrected chi connectivity index (χ0v) is 27.7. The Morgan fingerprint density at radius 1 is 1.04 bits per heavy atom. The number of hydrogen-bond donors (Lipinski definition) is 3. The molecule has 0 saturated carbocycles. The average molecular weight is 636 g/mol. The summed E-state index contributed by atoms with van der Waals surface area (Å²) in [7, 11) is 1.63. The monoisotopic (exact) mass is 635 g/mol. The van der Waals surface area contributed by atoms with Crippen LogP contribution < -0.4 is 25.0 Å². The van der Waals surface area contributed by atoms with E-state index in [1.165, 1.54) is 5.56 Å². The van der Waals surface area contributed by atoms with Crippen molar-refractivity contribution in [3.63, 3.8) is 0 Å². The molecule has 3 aromatic carbocycles. The first-order chi connectivity index (χ1) is 21.7. The van der Waals surface area contributed by atoms with E-state index in [0.717, 1.165) is 61.3 Å². The molecular formula is C36H46ClN3O5. The van der Waals surface area contributed by atoms with Crippen molar-refractivity contribution in [2.75, 3.05) is 31.6 Å². The van der Waals surface area contributed by atoms with E-state index >= 15 is 0 Å². The molecule has 2 aliphatic rings. The van der Waals surface area contributed by atoms with E-state index < -0.39 is 5.97 Å². The van der Waals surface area contributed by atoms with Crippen LogP contribution in [0.4, 0.5) is 5.69 Å². The van der Waals surface area contributed by atoms with E-state index in [2.05, 4.69) is 43.5 Å². The largest absolute Gasteiger partial charge is 0.493 e. The molecular weight excluding hydrogens is 590 g/mol. The summed E-state index contributed by atoms with van der Waals surface area (Å²) in [5, 5.41) is 15.7. The number of methoxy groups -OCH3 is 1. The van der Waals surface area contributed by atoms with Crippen LogP contribution in [0.15, 0.2) is 60.7 Å². The molecule has 0 aliphatic carbocycles. The molecule has 3 atom stereocenters. The number of carbonyl (C=O) groups excluding carboxylic acids is 1. The molecule has 0 aromatic heterocycles. The third-order valence-electron chi connectivity index (χ3n) is 8.55. The quantitative estimate of drug-likeness (QED) is 0.222. The number of fused-ring (bicyclic) bond motifs is 1. The van der Waals surface area contributed by atoms with Crippen molar-refractivity contribution in [1.29, 1.82) is 0 Å². The molecule has 2 heterocycles. The highest BCUT2D eigenvalue weighted by molar-refractivity contribution is 6.30. The third-order valence-corrected chi connectivity index (χ3v) is 8.80. The van der Waals surface area contributed by atoms with Crippen LogP contribution in [-0.4, -0.2) is 49.8 Å². The second-order valence-electron chi connectivity index (χ2n) is 11.7. The van der Waals surface area contributed by atoms with Crippen molar-refractivity contribution in [2.45, 2.75) is 71.6 Å². The maximum Gasteiger partial charge on any atom is 0.306 e. The Hall–Kier alpha value is -3.59. The van der Waals surface area contributed by atoms with Gasteiger partial charge in [0, 0.05) is 16.8 Å². The number of carboxylic acid groups (broad SMARTS) is 1. The van der Waals surface area contributed by atoms with Crippen LogP contribution in [0, 0.1) is 5.92 Å². The Morgan fingerprint density at radius 3 is 2.27 bits per heavy atom. The molecule has 0 bridgehead atoms. The molecule has 2 unspecified atom stereocenters. The van der Waals surface area contributed by atoms with Gasteiger partial charge >= 0.3 is 5.97 Å². The van der Waals surface area contributed by atoms with Gasteiger partial charge in [-0.15, -0.1) is 0 Å². The van der Waals surface area contributed by atoms with Crippen molar-refractivity contribution in [3.8, 4) is 11.5 Å². The minimum atomic E-state index is -0.642. The first-order valence-corrected chi connectivity index (χ1v) is 16.3. The molecule has 8 nitrogen and oxygen atoms in total. The van der Waals surface area contributed by atoms with Crippen molar-refractivity contribution in [1.82, 2.24) is 10.6 Å². The molecule has 0 spiro atoms. The fourth-order valence-electron chi connectivity index (χ4n) is 5.79. The SMILES string of the molecule is CCNC(C)c1ccc(N2C(=O)Cc3cc(OC)c(O[C@H](C)CC)cc3C2c2ccc(Cl)cc2)cc1.O=C(O)C1CCNCC1. The fourth-order valence-corrected chi connectivity index (χ4v) is 5.92. The van der Waals surface area contributed by atoms with Crippen LogP contribution in [0.3, 0.4) is 0 Å². The number of nitrogens with one attached hydrogen (secondary N) is 2. The zero-order valence-electron chi connectivity index (χ0n) is 26.9. The molecule has 1 saturated heterocycles. The highest BCUT2D eigenvalue weighted by Gasteiger charge is 2.36. The number of nitrogens with zero attached hydrogens (tertiary/aromatic N) is 1. The number of piperidine rings is 1. The summed E-state index contributed by atoms with van der Waals surface area (Å²) < 4.78 is 11.9. The van der Waals surface area contributed by atoms with Crippen LogP contribution >= 0.6 is 11.6 Å². The number of hydrogen-bond acceptors (Lipinski definition) is 6. The number of amides is 1. The number of carbonyl (C=O) groups is 2. The first kappa shape index (κ1) is 34.3. The summed E-state index contributed by atoms with van der Waals surface area (Å²) >= 11 is 6.22. The minimum Gasteiger partial charge on any atom is -0.493 e. The molecule has 242 valence electrons. The normalized spacial score (nSPS) is 17.9. The summed E-state index contributed by atoms with van der Waals surface area (Å²) in [5.41, 5.74) is 5.00. The molecule has 2 aliphatic heterocycles. The second-order valence-corrected chi connectivity index (χ2v) is 12.1. The number of aliphatic carboxylic acids is 1. The van der Waals surface area contributed by atoms with Crippen LogP contribution in [0.2, 0.25) is 5.02 Å². The van der Waals surface area contributed by atoms with Crippen LogP contribution in [0.1, 0.15) is 81.3 Å². The molecule has 3 aromatic rings. The molecule has 45 heavy (non-hydrogen) atoms. The molecule has 0 radical (unpaired) electrons. The molecule has 9 heteroatoms. The smallest absolute Gasteiger partial charge is 0.306 e. The van der Waals surface area contributed by atoms with Gasteiger partial charge in [0.15, 0.2) is 11.5 Å². The van der Waals surface area contributed by atoms with Gasteiger partial charge in [0.05, 0.1) is 31.6 Å². The Balaban J connectivity index is 0.000000440. The lowest BCUT2D eigenvalue weighted by Crippen LogP contribution is -2.41. The number of halogens is 1. The topological polar surface area (TPSA) is 100 Å². The summed E-state index contributed by atoms with van der Waals surface area (Å²) in [6.07, 6.45) is 2.78. The van der Waals surface area contributed by atoms with Gasteiger partial charge in [0.25, 0.3) is 0 Å². The van der Waals surface area contributed by atoms with Crippen LogP contribution in [0.5, 0.6) is 11.5 Å². The summed E-state index contributed by atoms with van der Waals surface area (Å²) in [6.45, 7) is 11.0. The minimum absolute atomic E-state index is 0.0348. The van der Waals surface area contributed by atoms with Crippen molar-refractivity contribution in [3.05, 3.63) is 87.9 Å². The lowest BCUT2D eigenvalue weighted by atomic mass is 9.86. The number of ether oxygens (including phenoxy) is 2. The van der Waals surface area contributed by atoms with E-state index in [9.17, 15) is 9.59 Å². The van der Waals surface area contributed by atoms with Gasteiger partial charge in [-0.3, -0.25) is 9.59 Å². The highest BCUT2D eigenvalue weighted by atomic mass is 35.5. The predicted octanol–water partition coefficient (Wildman–Crippen LogP) is 6.95. The van der Waals surface area contributed by atoms with Crippen LogP contribution in [-0.2, 0) is 16.0 Å². The Bertz CT molecular complexity index is 1420. The van der Waals surface area contributed by atoms with E-state index in [0.29, 0.717) is 16.5 Å². The first-order valence-electron chi connectivity index (χ1n) is 15.9. The van der Waals surface area contributed by atoms with Gasteiger partial charge in [0.1, 0.15) is 0 Å². The molecule has 3 N–H and O–H groups in total. The van der Waals surface area contributed by atoms with Gasteiger partial charge in [-0.25, -0.2) is 0 Å². The molecule has 1 amide bonds. The second kappa shape index (κ2) is 16.1. The van der Waals surface area contributed by atoms with Gasteiger partial charge in [-0.1, -0.05) is 49.7 Å². The van der Waals surface area contributed by atoms with Gasteiger partial charge < -0.3 is 30.1 Å². The van der Waals surface area contributed by atoms with E-state index in [1.54, 1.807) is 7.11 Å². The summed E-state index contributed by atoms with van der Waals surface area (Å²) in [5.74, 6) is 0.635. The third kappa shape index (κ3) is 8.57. The molecule has 1 fully saturated rings. The standard InChI is InChI=1S/C30H35ClN2O3.C6H11NO2/c1-6-19(3)36-28-18-26-23(16-27(28)35-5)17-29(34)33(30(26)22-8-12-24(31)13-9-22)25-14-10-21(11-15-25)20(4)32-7-2;8-6(9)5-1-3-7-4-2-5/h8-16,18-20,30,32H,6-7,17H2,1-5H3;5,7H,1-4H2,(H,8,9)/t19-,20?,30?;/m1./s1. The highest BCUT2D eigenvalue weighted by Crippen LogP contribution is 2.44. The van der Waals surface area contributed by atoms with Crippen molar-refractivity contribution >= 4 is 29.2 Å². The van der Waals surface area contributed by atoms with Crippen LogP contribution in [0.25, 0.3) is 0 Å². The maximum absolute atomic E-state index is 13.7. The lowest BCUT2D eigenvalue weighted by molar-refractivity contribution is -0.142. The van der Waals surface area contributed by atoms with E-state index in [1.807, 2.05) is 60.4 Å². The number of rotatable bonds is 10. The van der Waals surface area contributed by atoms with E-state index in [4.69, 9.17) is 26.2 Å².